The van der Waals surface area contributed by atoms with Crippen LogP contribution in [0.25, 0.3) is 10.9 Å². The van der Waals surface area contributed by atoms with Gasteiger partial charge in [-0.25, -0.2) is 0 Å². The summed E-state index contributed by atoms with van der Waals surface area (Å²) in [6.07, 6.45) is 12.4. The van der Waals surface area contributed by atoms with Crippen LogP contribution in [0.15, 0.2) is 66.2 Å². The van der Waals surface area contributed by atoms with Crippen molar-refractivity contribution in [3.05, 3.63) is 83.1 Å². The second-order valence-corrected chi connectivity index (χ2v) is 10.3. The molecule has 4 heteroatoms. The monoisotopic (exact) mass is 467 g/mol. The molecule has 2 heterocycles. The van der Waals surface area contributed by atoms with Crippen LogP contribution in [0.2, 0.25) is 0 Å². The lowest BCUT2D eigenvalue weighted by Gasteiger charge is -2.32. The van der Waals surface area contributed by atoms with Crippen LogP contribution in [-0.4, -0.2) is 28.8 Å². The Labute approximate surface area is 209 Å². The molecular formula is C31H37N3O. The molecule has 2 N–H and O–H groups in total. The third-order valence-corrected chi connectivity index (χ3v) is 7.82. The van der Waals surface area contributed by atoms with Gasteiger partial charge in [0.25, 0.3) is 0 Å². The van der Waals surface area contributed by atoms with Gasteiger partial charge in [-0.05, 0) is 74.7 Å². The third-order valence-electron chi connectivity index (χ3n) is 7.82. The minimum Gasteiger partial charge on any atom is -0.398 e. The Morgan fingerprint density at radius 2 is 1.71 bits per heavy atom. The molecule has 182 valence electrons. The summed E-state index contributed by atoms with van der Waals surface area (Å²) in [5, 5.41) is 0.881. The molecule has 0 bridgehead atoms. The van der Waals surface area contributed by atoms with E-state index in [1.807, 2.05) is 24.3 Å². The van der Waals surface area contributed by atoms with Gasteiger partial charge in [0.15, 0.2) is 5.78 Å². The van der Waals surface area contributed by atoms with Crippen molar-refractivity contribution < 1.29 is 4.79 Å². The maximum Gasteiger partial charge on any atom is 0.192 e. The van der Waals surface area contributed by atoms with Crippen LogP contribution in [-0.2, 0) is 13.0 Å². The van der Waals surface area contributed by atoms with Crippen molar-refractivity contribution in [3.8, 4) is 0 Å². The number of aryl methyl sites for hydroxylation is 1. The lowest BCUT2D eigenvalue weighted by atomic mass is 9.87. The number of ketones is 1. The predicted octanol–water partition coefficient (Wildman–Crippen LogP) is 6.74. The summed E-state index contributed by atoms with van der Waals surface area (Å²) in [5.41, 5.74) is 11.7. The smallest absolute Gasteiger partial charge is 0.192 e. The SMILES string of the molecule is Nc1c2c(nc3ccccc13)CC/C(=C\CCCCCC1CCN(Cc3ccccc3)CC1)C2=O. The van der Waals surface area contributed by atoms with Gasteiger partial charge in [-0.15, -0.1) is 0 Å². The molecule has 0 unspecified atom stereocenters. The first-order valence-corrected chi connectivity index (χ1v) is 13.4. The molecule has 1 fully saturated rings. The fraction of sp³-hybridized carbons (Fsp3) is 0.419. The number of piperidine rings is 1. The van der Waals surface area contributed by atoms with E-state index in [2.05, 4.69) is 41.3 Å². The molecule has 35 heavy (non-hydrogen) atoms. The van der Waals surface area contributed by atoms with Gasteiger partial charge < -0.3 is 5.73 Å². The molecule has 1 aliphatic heterocycles. The molecule has 0 radical (unpaired) electrons. The first-order valence-electron chi connectivity index (χ1n) is 13.4. The quantitative estimate of drug-likeness (QED) is 0.295. The first-order chi connectivity index (χ1) is 17.2. The van der Waals surface area contributed by atoms with Gasteiger partial charge in [0, 0.05) is 11.9 Å². The highest BCUT2D eigenvalue weighted by molar-refractivity contribution is 6.16. The molecule has 4 nitrogen and oxygen atoms in total. The molecular weight excluding hydrogens is 430 g/mol. The Hall–Kier alpha value is -2.98. The van der Waals surface area contributed by atoms with Crippen molar-refractivity contribution in [2.24, 2.45) is 5.92 Å². The lowest BCUT2D eigenvalue weighted by molar-refractivity contribution is 0.102. The van der Waals surface area contributed by atoms with Crippen LogP contribution in [0.4, 0.5) is 5.69 Å². The van der Waals surface area contributed by atoms with Crippen molar-refractivity contribution >= 4 is 22.4 Å². The summed E-state index contributed by atoms with van der Waals surface area (Å²) in [6.45, 7) is 3.54. The van der Waals surface area contributed by atoms with Gasteiger partial charge in [0.05, 0.1) is 22.5 Å². The number of nitrogens with zero attached hydrogens (tertiary/aromatic N) is 2. The minimum absolute atomic E-state index is 0.0873. The third kappa shape index (κ3) is 5.65. The number of nitrogens with two attached hydrogens (primary N) is 1. The van der Waals surface area contributed by atoms with Gasteiger partial charge in [-0.1, -0.05) is 73.9 Å². The number of carbonyl (C=O) groups excluding carboxylic acids is 1. The molecule has 0 saturated carbocycles. The van der Waals surface area contributed by atoms with Crippen LogP contribution in [0, 0.1) is 5.92 Å². The number of anilines is 1. The standard InChI is InChI=1S/C31H37N3O/c32-30-26-14-8-9-15-27(26)33-28-17-16-25(31(35)29(28)30)13-7-2-1-4-10-23-18-20-34(21-19-23)22-24-11-5-3-6-12-24/h3,5-6,8-9,11-15,23H,1-2,4,7,10,16-22H2,(H2,32,33)/b25-13+. The molecule has 3 aromatic rings. The summed E-state index contributed by atoms with van der Waals surface area (Å²) in [6, 6.07) is 18.7. The van der Waals surface area contributed by atoms with E-state index >= 15 is 0 Å². The van der Waals surface area contributed by atoms with E-state index in [4.69, 9.17) is 10.7 Å². The normalized spacial score (nSPS) is 18.3. The lowest BCUT2D eigenvalue weighted by Crippen LogP contribution is -2.33. The second-order valence-electron chi connectivity index (χ2n) is 10.3. The molecule has 0 spiro atoms. The van der Waals surface area contributed by atoms with E-state index in [0.717, 1.165) is 60.3 Å². The summed E-state index contributed by atoms with van der Waals surface area (Å²) in [7, 11) is 0. The molecule has 2 aromatic carbocycles. The number of para-hydroxylation sites is 1. The summed E-state index contributed by atoms with van der Waals surface area (Å²) in [4.78, 5) is 20.5. The molecule has 1 saturated heterocycles. The topological polar surface area (TPSA) is 59.2 Å². The number of unbranched alkanes of at least 4 members (excludes halogenated alkanes) is 3. The van der Waals surface area contributed by atoms with E-state index in [9.17, 15) is 4.79 Å². The van der Waals surface area contributed by atoms with E-state index < -0.39 is 0 Å². The molecule has 1 aliphatic carbocycles. The number of rotatable bonds is 8. The van der Waals surface area contributed by atoms with Crippen molar-refractivity contribution in [2.45, 2.75) is 64.3 Å². The molecule has 1 aromatic heterocycles. The Morgan fingerprint density at radius 1 is 0.943 bits per heavy atom. The van der Waals surface area contributed by atoms with Crippen LogP contribution in [0.5, 0.6) is 0 Å². The van der Waals surface area contributed by atoms with Crippen LogP contribution in [0.1, 0.15) is 73.0 Å². The molecule has 0 amide bonds. The Balaban J connectivity index is 1.04. The van der Waals surface area contributed by atoms with Crippen molar-refractivity contribution in [1.29, 1.82) is 0 Å². The average molecular weight is 468 g/mol. The molecule has 2 aliphatic rings. The van der Waals surface area contributed by atoms with Crippen molar-refractivity contribution in [3.63, 3.8) is 0 Å². The van der Waals surface area contributed by atoms with E-state index in [1.54, 1.807) is 0 Å². The highest BCUT2D eigenvalue weighted by Crippen LogP contribution is 2.33. The Morgan fingerprint density at radius 3 is 2.54 bits per heavy atom. The zero-order chi connectivity index (χ0) is 24.0. The minimum atomic E-state index is 0.0873. The number of hydrogen-bond acceptors (Lipinski definition) is 4. The van der Waals surface area contributed by atoms with Crippen molar-refractivity contribution in [2.75, 3.05) is 18.8 Å². The number of likely N-dealkylation sites (tertiary alicyclic amines) is 1. The number of fused-ring (bicyclic) bond motifs is 2. The Kier molecular flexibility index (Phi) is 7.58. The zero-order valence-corrected chi connectivity index (χ0v) is 20.7. The zero-order valence-electron chi connectivity index (χ0n) is 20.7. The number of Topliss-reactive ketones (excluding diaryl/α,β-unsaturated/α-hetero) is 1. The number of carbonyl (C=O) groups is 1. The van der Waals surface area contributed by atoms with Crippen LogP contribution in [0.3, 0.4) is 0 Å². The van der Waals surface area contributed by atoms with Crippen LogP contribution < -0.4 is 5.73 Å². The largest absolute Gasteiger partial charge is 0.398 e. The van der Waals surface area contributed by atoms with Gasteiger partial charge in [-0.3, -0.25) is 14.7 Å². The fourth-order valence-electron chi connectivity index (χ4n) is 5.75. The number of hydrogen-bond donors (Lipinski definition) is 1. The van der Waals surface area contributed by atoms with E-state index in [-0.39, 0.29) is 5.78 Å². The van der Waals surface area contributed by atoms with Gasteiger partial charge in [0.1, 0.15) is 0 Å². The second kappa shape index (κ2) is 11.2. The highest BCUT2D eigenvalue weighted by Gasteiger charge is 2.26. The maximum atomic E-state index is 13.2. The molecule has 0 atom stereocenters. The fourth-order valence-corrected chi connectivity index (χ4v) is 5.75. The summed E-state index contributed by atoms with van der Waals surface area (Å²) < 4.78 is 0. The number of pyridine rings is 1. The summed E-state index contributed by atoms with van der Waals surface area (Å²) in [5.74, 6) is 0.964. The first kappa shape index (κ1) is 23.7. The van der Waals surface area contributed by atoms with Crippen LogP contribution >= 0.6 is 0 Å². The van der Waals surface area contributed by atoms with Gasteiger partial charge in [0.2, 0.25) is 0 Å². The average Bonchev–Trinajstić information content (AvgIpc) is 2.89. The van der Waals surface area contributed by atoms with E-state index in [1.165, 1.54) is 50.8 Å². The number of benzene rings is 2. The maximum absolute atomic E-state index is 13.2. The highest BCUT2D eigenvalue weighted by atomic mass is 16.1. The van der Waals surface area contributed by atoms with E-state index in [0.29, 0.717) is 11.3 Å². The number of allylic oxidation sites excluding steroid dienone is 2. The summed E-state index contributed by atoms with van der Waals surface area (Å²) >= 11 is 0. The van der Waals surface area contributed by atoms with Gasteiger partial charge in [-0.2, -0.15) is 0 Å². The van der Waals surface area contributed by atoms with Crippen molar-refractivity contribution in [1.82, 2.24) is 9.88 Å². The van der Waals surface area contributed by atoms with Gasteiger partial charge >= 0.3 is 0 Å². The number of nitrogen functional groups attached to an aromatic ring is 1. The number of aromatic nitrogens is 1. The molecule has 5 rings (SSSR count). The Bertz CT molecular complexity index is 1190. The predicted molar refractivity (Wildman–Crippen MR) is 144 cm³/mol.